The number of nitrogens with zero attached hydrogens (tertiary/aromatic N) is 3. The fourth-order valence-corrected chi connectivity index (χ4v) is 4.37. The molecule has 4 aromatic rings. The molecular weight excluding hydrogens is 408 g/mol. The largest absolute Gasteiger partial charge is 0.399 e. The van der Waals surface area contributed by atoms with E-state index < -0.39 is 9.84 Å². The number of nitrogens with two attached hydrogens (primary N) is 1. The molecule has 0 fully saturated rings. The van der Waals surface area contributed by atoms with Crippen molar-refractivity contribution in [2.75, 3.05) is 5.73 Å². The molecule has 0 radical (unpaired) electrons. The fraction of sp³-hybridized carbons (Fsp3) is 0.0476. The summed E-state index contributed by atoms with van der Waals surface area (Å²) in [6, 6.07) is 20.5. The molecule has 0 aliphatic rings. The molecule has 0 unspecified atom stereocenters. The number of halogens is 1. The lowest BCUT2D eigenvalue weighted by molar-refractivity contribution is 0.592. The van der Waals surface area contributed by atoms with Crippen molar-refractivity contribution in [2.45, 2.75) is 16.8 Å². The highest BCUT2D eigenvalue weighted by Crippen LogP contribution is 2.32. The smallest absolute Gasteiger partial charge is 0.227 e. The van der Waals surface area contributed by atoms with Crippen LogP contribution in [0.15, 0.2) is 82.7 Å². The predicted molar refractivity (Wildman–Crippen MR) is 113 cm³/mol. The molecule has 4 rings (SSSR count). The summed E-state index contributed by atoms with van der Waals surface area (Å²) < 4.78 is 28.2. The molecule has 1 aromatic heterocycles. The maximum absolute atomic E-state index is 13.3. The average molecular weight is 425 g/mol. The predicted octanol–water partition coefficient (Wildman–Crippen LogP) is 4.31. The quantitative estimate of drug-likeness (QED) is 0.493. The SMILES string of the molecule is Cc1ccc(-c2c(S(=O)(=O)c3ccc(Cl)cc3)nnn2-c2ccc(N)cc2)cc1. The van der Waals surface area contributed by atoms with Crippen LogP contribution in [0, 0.1) is 6.92 Å². The zero-order valence-electron chi connectivity index (χ0n) is 15.4. The molecule has 0 aliphatic carbocycles. The lowest BCUT2D eigenvalue weighted by Crippen LogP contribution is -2.06. The van der Waals surface area contributed by atoms with Crippen LogP contribution in [0.3, 0.4) is 0 Å². The molecular formula is C21H17ClN4O2S. The first-order valence-corrected chi connectivity index (χ1v) is 10.6. The van der Waals surface area contributed by atoms with Crippen molar-refractivity contribution in [3.8, 4) is 16.9 Å². The molecule has 0 bridgehead atoms. The van der Waals surface area contributed by atoms with Gasteiger partial charge in [0.15, 0.2) is 0 Å². The molecule has 0 saturated heterocycles. The second kappa shape index (κ2) is 7.35. The third kappa shape index (κ3) is 3.62. The van der Waals surface area contributed by atoms with E-state index in [9.17, 15) is 8.42 Å². The Balaban J connectivity index is 1.96. The Morgan fingerprint density at radius 2 is 1.52 bits per heavy atom. The van der Waals surface area contributed by atoms with E-state index in [0.717, 1.165) is 5.56 Å². The highest BCUT2D eigenvalue weighted by Gasteiger charge is 2.29. The summed E-state index contributed by atoms with van der Waals surface area (Å²) in [5.41, 5.74) is 9.15. The molecule has 0 saturated carbocycles. The summed E-state index contributed by atoms with van der Waals surface area (Å²) in [4.78, 5) is 0.0969. The van der Waals surface area contributed by atoms with E-state index in [-0.39, 0.29) is 9.92 Å². The molecule has 2 N–H and O–H groups in total. The third-order valence-corrected chi connectivity index (χ3v) is 6.41. The number of aromatic nitrogens is 3. The van der Waals surface area contributed by atoms with Crippen LogP contribution >= 0.6 is 11.6 Å². The summed E-state index contributed by atoms with van der Waals surface area (Å²) >= 11 is 5.91. The number of aryl methyl sites for hydroxylation is 1. The van der Waals surface area contributed by atoms with Crippen LogP contribution in [0.5, 0.6) is 0 Å². The van der Waals surface area contributed by atoms with Crippen molar-refractivity contribution < 1.29 is 8.42 Å². The normalized spacial score (nSPS) is 11.5. The highest BCUT2D eigenvalue weighted by atomic mass is 35.5. The van der Waals surface area contributed by atoms with Gasteiger partial charge in [-0.3, -0.25) is 0 Å². The summed E-state index contributed by atoms with van der Waals surface area (Å²) in [7, 11) is -3.92. The van der Waals surface area contributed by atoms with Crippen molar-refractivity contribution >= 4 is 27.1 Å². The van der Waals surface area contributed by atoms with Crippen molar-refractivity contribution in [1.82, 2.24) is 15.0 Å². The van der Waals surface area contributed by atoms with Crippen molar-refractivity contribution in [1.29, 1.82) is 0 Å². The standard InChI is InChI=1S/C21H17ClN4O2S/c1-14-2-4-15(5-3-14)20-21(29(27,28)19-12-6-16(22)7-13-19)24-25-26(20)18-10-8-17(23)9-11-18/h2-13H,23H2,1H3. The van der Waals surface area contributed by atoms with Gasteiger partial charge >= 0.3 is 0 Å². The number of rotatable bonds is 4. The second-order valence-corrected chi connectivity index (χ2v) is 8.87. The molecule has 29 heavy (non-hydrogen) atoms. The summed E-state index contributed by atoms with van der Waals surface area (Å²) in [6.45, 7) is 1.96. The maximum Gasteiger partial charge on any atom is 0.227 e. The van der Waals surface area contributed by atoms with Crippen molar-refractivity contribution in [2.24, 2.45) is 0 Å². The number of hydrogen-bond donors (Lipinski definition) is 1. The molecule has 8 heteroatoms. The van der Waals surface area contributed by atoms with Gasteiger partial charge in [-0.2, -0.15) is 0 Å². The van der Waals surface area contributed by atoms with Crippen molar-refractivity contribution in [3.63, 3.8) is 0 Å². The number of hydrogen-bond acceptors (Lipinski definition) is 5. The van der Waals surface area contributed by atoms with Crippen LogP contribution in [-0.2, 0) is 9.84 Å². The van der Waals surface area contributed by atoms with Gasteiger partial charge in [-0.1, -0.05) is 46.6 Å². The molecule has 0 aliphatic heterocycles. The van der Waals surface area contributed by atoms with E-state index in [1.807, 2.05) is 31.2 Å². The Morgan fingerprint density at radius 3 is 2.14 bits per heavy atom. The molecule has 1 heterocycles. The molecule has 3 aromatic carbocycles. The Bertz CT molecular complexity index is 1260. The van der Waals surface area contributed by atoms with Gasteiger partial charge in [-0.05, 0) is 55.5 Å². The first kappa shape index (κ1) is 19.2. The molecule has 0 amide bonds. The van der Waals surface area contributed by atoms with Gasteiger partial charge in [0.05, 0.1) is 10.6 Å². The van der Waals surface area contributed by atoms with Crippen LogP contribution in [0.1, 0.15) is 5.56 Å². The molecule has 146 valence electrons. The monoisotopic (exact) mass is 424 g/mol. The van der Waals surface area contributed by atoms with E-state index >= 15 is 0 Å². The van der Waals surface area contributed by atoms with Crippen LogP contribution in [0.4, 0.5) is 5.69 Å². The maximum atomic E-state index is 13.3. The van der Waals surface area contributed by atoms with Gasteiger partial charge in [-0.25, -0.2) is 13.1 Å². The summed E-state index contributed by atoms with van der Waals surface area (Å²) in [5.74, 6) is 0. The molecule has 0 atom stereocenters. The molecule has 6 nitrogen and oxygen atoms in total. The number of sulfone groups is 1. The van der Waals surface area contributed by atoms with E-state index in [1.165, 1.54) is 28.9 Å². The van der Waals surface area contributed by atoms with Gasteiger partial charge in [0.25, 0.3) is 0 Å². The first-order valence-electron chi connectivity index (χ1n) is 8.75. The minimum atomic E-state index is -3.92. The van der Waals surface area contributed by atoms with Crippen LogP contribution in [-0.4, -0.2) is 23.4 Å². The Morgan fingerprint density at radius 1 is 0.897 bits per heavy atom. The lowest BCUT2D eigenvalue weighted by Gasteiger charge is -2.10. The van der Waals surface area contributed by atoms with Gasteiger partial charge < -0.3 is 5.73 Å². The highest BCUT2D eigenvalue weighted by molar-refractivity contribution is 7.91. The minimum absolute atomic E-state index is 0.0969. The number of nitrogen functional groups attached to an aromatic ring is 1. The van der Waals surface area contributed by atoms with Gasteiger partial charge in [0, 0.05) is 16.3 Å². The topological polar surface area (TPSA) is 90.9 Å². The van der Waals surface area contributed by atoms with E-state index in [0.29, 0.717) is 27.7 Å². The van der Waals surface area contributed by atoms with Crippen LogP contribution < -0.4 is 5.73 Å². The zero-order chi connectivity index (χ0) is 20.6. The average Bonchev–Trinajstić information content (AvgIpc) is 3.15. The Hall–Kier alpha value is -3.16. The van der Waals surface area contributed by atoms with E-state index in [2.05, 4.69) is 10.3 Å². The van der Waals surface area contributed by atoms with Crippen LogP contribution in [0.2, 0.25) is 5.02 Å². The van der Waals surface area contributed by atoms with Crippen LogP contribution in [0.25, 0.3) is 16.9 Å². The minimum Gasteiger partial charge on any atom is -0.399 e. The fourth-order valence-electron chi connectivity index (χ4n) is 2.93. The Kier molecular flexibility index (Phi) is 4.86. The van der Waals surface area contributed by atoms with Gasteiger partial charge in [0.2, 0.25) is 14.9 Å². The van der Waals surface area contributed by atoms with Gasteiger partial charge in [-0.15, -0.1) is 5.10 Å². The summed E-state index contributed by atoms with van der Waals surface area (Å²) in [6.07, 6.45) is 0. The zero-order valence-corrected chi connectivity index (χ0v) is 17.0. The first-order chi connectivity index (χ1) is 13.9. The van der Waals surface area contributed by atoms with Crippen molar-refractivity contribution in [3.05, 3.63) is 83.4 Å². The second-order valence-electron chi connectivity index (χ2n) is 6.57. The lowest BCUT2D eigenvalue weighted by atomic mass is 10.1. The number of benzene rings is 3. The summed E-state index contributed by atoms with van der Waals surface area (Å²) in [5, 5.41) is 8.52. The number of anilines is 1. The van der Waals surface area contributed by atoms with Gasteiger partial charge in [0.1, 0.15) is 5.69 Å². The van der Waals surface area contributed by atoms with E-state index in [1.54, 1.807) is 24.3 Å². The molecule has 0 spiro atoms. The third-order valence-electron chi connectivity index (χ3n) is 4.48. The van der Waals surface area contributed by atoms with E-state index in [4.69, 9.17) is 17.3 Å². The Labute approximate surface area is 173 Å².